The van der Waals surface area contributed by atoms with E-state index < -0.39 is 5.97 Å². The maximum absolute atomic E-state index is 12.1. The molecule has 2 rings (SSSR count). The van der Waals surface area contributed by atoms with Gasteiger partial charge in [0.25, 0.3) is 5.91 Å². The van der Waals surface area contributed by atoms with Gasteiger partial charge in [-0.1, -0.05) is 24.9 Å². The van der Waals surface area contributed by atoms with Gasteiger partial charge in [-0.05, 0) is 55.0 Å². The summed E-state index contributed by atoms with van der Waals surface area (Å²) >= 11 is 5.79. The van der Waals surface area contributed by atoms with E-state index in [2.05, 4.69) is 12.2 Å². The highest BCUT2D eigenvalue weighted by atomic mass is 35.5. The first-order valence-electron chi connectivity index (χ1n) is 9.13. The molecular weight excluding hydrogens is 382 g/mol. The molecule has 0 radical (unpaired) electrons. The van der Waals surface area contributed by atoms with Gasteiger partial charge >= 0.3 is 5.97 Å². The van der Waals surface area contributed by atoms with Gasteiger partial charge in [-0.25, -0.2) is 0 Å². The molecule has 0 aromatic heterocycles. The lowest BCUT2D eigenvalue weighted by molar-refractivity contribution is -0.143. The maximum atomic E-state index is 12.1. The molecule has 7 heteroatoms. The Labute approximate surface area is 169 Å². The Bertz CT molecular complexity index is 746. The number of esters is 1. The lowest BCUT2D eigenvalue weighted by Crippen LogP contribution is -2.31. The van der Waals surface area contributed by atoms with Crippen LogP contribution < -0.4 is 14.8 Å². The van der Waals surface area contributed by atoms with Crippen molar-refractivity contribution in [3.05, 3.63) is 59.1 Å². The van der Waals surface area contributed by atoms with Gasteiger partial charge in [-0.3, -0.25) is 9.59 Å². The minimum absolute atomic E-state index is 0.0845. The molecule has 0 aliphatic carbocycles. The molecule has 2 aromatic rings. The third kappa shape index (κ3) is 7.88. The second-order valence-corrected chi connectivity index (χ2v) is 6.37. The minimum Gasteiger partial charge on any atom is -0.494 e. The van der Waals surface area contributed by atoms with E-state index in [-0.39, 0.29) is 25.7 Å². The Morgan fingerprint density at radius 3 is 2.14 bits per heavy atom. The number of halogens is 1. The summed E-state index contributed by atoms with van der Waals surface area (Å²) in [4.78, 5) is 23.8. The van der Waals surface area contributed by atoms with Crippen molar-refractivity contribution >= 4 is 23.5 Å². The Morgan fingerprint density at radius 2 is 1.50 bits per heavy atom. The second-order valence-electron chi connectivity index (χ2n) is 5.93. The molecule has 0 bridgehead atoms. The molecule has 0 atom stereocenters. The van der Waals surface area contributed by atoms with Gasteiger partial charge in [-0.2, -0.15) is 0 Å². The highest BCUT2D eigenvalue weighted by Crippen LogP contribution is 2.15. The number of unbranched alkanes of at least 4 members (excludes halogenated alkanes) is 1. The van der Waals surface area contributed by atoms with Crippen LogP contribution in [0.1, 0.15) is 30.1 Å². The summed E-state index contributed by atoms with van der Waals surface area (Å²) in [5.41, 5.74) is 0.446. The van der Waals surface area contributed by atoms with E-state index >= 15 is 0 Å². The van der Waals surface area contributed by atoms with E-state index in [4.69, 9.17) is 25.8 Å². The topological polar surface area (TPSA) is 73.9 Å². The number of ether oxygens (including phenoxy) is 3. The molecule has 28 heavy (non-hydrogen) atoms. The van der Waals surface area contributed by atoms with Crippen molar-refractivity contribution in [1.82, 2.24) is 5.32 Å². The van der Waals surface area contributed by atoms with Crippen LogP contribution in [0.5, 0.6) is 11.5 Å². The van der Waals surface area contributed by atoms with Crippen LogP contribution in [0.15, 0.2) is 48.5 Å². The molecule has 0 aliphatic heterocycles. The van der Waals surface area contributed by atoms with Crippen molar-refractivity contribution in [3.8, 4) is 11.5 Å². The molecule has 0 fully saturated rings. The smallest absolute Gasteiger partial charge is 0.325 e. The Balaban J connectivity index is 1.63. The second kappa shape index (κ2) is 11.9. The zero-order valence-corrected chi connectivity index (χ0v) is 16.5. The van der Waals surface area contributed by atoms with Crippen molar-refractivity contribution in [3.63, 3.8) is 0 Å². The summed E-state index contributed by atoms with van der Waals surface area (Å²) in [5, 5.41) is 3.14. The van der Waals surface area contributed by atoms with E-state index in [0.717, 1.165) is 12.8 Å². The molecule has 0 unspecified atom stereocenters. The minimum atomic E-state index is -0.535. The molecule has 0 saturated heterocycles. The lowest BCUT2D eigenvalue weighted by Gasteiger charge is -2.09. The van der Waals surface area contributed by atoms with Gasteiger partial charge in [0.05, 0.1) is 6.61 Å². The molecule has 150 valence electrons. The molecule has 0 spiro atoms. The molecule has 0 heterocycles. The molecule has 1 amide bonds. The number of hydrogen-bond acceptors (Lipinski definition) is 5. The number of hydrogen-bond donors (Lipinski definition) is 1. The summed E-state index contributed by atoms with van der Waals surface area (Å²) in [6, 6.07) is 13.7. The zero-order valence-electron chi connectivity index (χ0n) is 15.8. The zero-order chi connectivity index (χ0) is 20.2. The fourth-order valence-corrected chi connectivity index (χ4v) is 2.31. The van der Waals surface area contributed by atoms with Crippen LogP contribution >= 0.6 is 11.6 Å². The van der Waals surface area contributed by atoms with E-state index in [9.17, 15) is 9.59 Å². The van der Waals surface area contributed by atoms with Crippen molar-refractivity contribution < 1.29 is 23.8 Å². The first-order chi connectivity index (χ1) is 13.6. The molecular formula is C21H24ClNO5. The van der Waals surface area contributed by atoms with Crippen LogP contribution in [0.4, 0.5) is 0 Å². The van der Waals surface area contributed by atoms with Gasteiger partial charge < -0.3 is 19.5 Å². The third-order valence-corrected chi connectivity index (χ3v) is 3.96. The summed E-state index contributed by atoms with van der Waals surface area (Å²) in [5.74, 6) is 0.461. The predicted octanol–water partition coefficient (Wildman–Crippen LogP) is 3.87. The highest BCUT2D eigenvalue weighted by molar-refractivity contribution is 6.30. The van der Waals surface area contributed by atoms with Crippen molar-refractivity contribution in [1.29, 1.82) is 0 Å². The van der Waals surface area contributed by atoms with Crippen molar-refractivity contribution in [2.24, 2.45) is 0 Å². The number of benzene rings is 2. The first kappa shape index (κ1) is 21.6. The average molecular weight is 406 g/mol. The molecule has 0 saturated carbocycles. The largest absolute Gasteiger partial charge is 0.494 e. The number of carbonyl (C=O) groups excluding carboxylic acids is 2. The number of amides is 1. The third-order valence-electron chi connectivity index (χ3n) is 3.71. The maximum Gasteiger partial charge on any atom is 0.325 e. The summed E-state index contributed by atoms with van der Waals surface area (Å²) in [6.07, 6.45) is 2.04. The summed E-state index contributed by atoms with van der Waals surface area (Å²) in [6.45, 7) is 2.82. The van der Waals surface area contributed by atoms with Crippen LogP contribution in [-0.4, -0.2) is 38.2 Å². The summed E-state index contributed by atoms with van der Waals surface area (Å²) < 4.78 is 16.0. The van der Waals surface area contributed by atoms with Gasteiger partial charge in [0, 0.05) is 10.6 Å². The normalized spacial score (nSPS) is 10.2. The van der Waals surface area contributed by atoms with Crippen molar-refractivity contribution in [2.75, 3.05) is 26.4 Å². The SMILES string of the molecule is CCCCOc1ccc(C(=O)NCC(=O)OCCOc2ccc(Cl)cc2)cc1. The quantitative estimate of drug-likeness (QED) is 0.453. The van der Waals surface area contributed by atoms with Crippen LogP contribution in [-0.2, 0) is 9.53 Å². The molecule has 1 N–H and O–H groups in total. The Kier molecular flexibility index (Phi) is 9.15. The first-order valence-corrected chi connectivity index (χ1v) is 9.51. The Morgan fingerprint density at radius 1 is 0.893 bits per heavy atom. The Hall–Kier alpha value is -2.73. The van der Waals surface area contributed by atoms with Crippen LogP contribution in [0.25, 0.3) is 0 Å². The van der Waals surface area contributed by atoms with Crippen LogP contribution in [0, 0.1) is 0 Å². The van der Waals surface area contributed by atoms with Crippen LogP contribution in [0.2, 0.25) is 5.02 Å². The van der Waals surface area contributed by atoms with Gasteiger partial charge in [-0.15, -0.1) is 0 Å². The van der Waals surface area contributed by atoms with Crippen molar-refractivity contribution in [2.45, 2.75) is 19.8 Å². The highest BCUT2D eigenvalue weighted by Gasteiger charge is 2.09. The molecule has 6 nitrogen and oxygen atoms in total. The van der Waals surface area contributed by atoms with E-state index in [1.165, 1.54) is 0 Å². The van der Waals surface area contributed by atoms with Gasteiger partial charge in [0.15, 0.2) is 0 Å². The van der Waals surface area contributed by atoms with Crippen LogP contribution in [0.3, 0.4) is 0 Å². The number of rotatable bonds is 11. The van der Waals surface area contributed by atoms with Gasteiger partial charge in [0.2, 0.25) is 0 Å². The number of carbonyl (C=O) groups is 2. The predicted molar refractivity (Wildman–Crippen MR) is 107 cm³/mol. The standard InChI is InChI=1S/C21H24ClNO5/c1-2-3-12-26-18-8-4-16(5-9-18)21(25)23-15-20(24)28-14-13-27-19-10-6-17(22)7-11-19/h4-11H,2-3,12-15H2,1H3,(H,23,25). The fourth-order valence-electron chi connectivity index (χ4n) is 2.19. The monoisotopic (exact) mass is 405 g/mol. The number of nitrogens with one attached hydrogen (secondary N) is 1. The van der Waals surface area contributed by atoms with Gasteiger partial charge in [0.1, 0.15) is 31.3 Å². The summed E-state index contributed by atoms with van der Waals surface area (Å²) in [7, 11) is 0. The van der Waals surface area contributed by atoms with E-state index in [1.807, 2.05) is 0 Å². The molecule has 2 aromatic carbocycles. The average Bonchev–Trinajstić information content (AvgIpc) is 2.71. The fraction of sp³-hybridized carbons (Fsp3) is 0.333. The van der Waals surface area contributed by atoms with E-state index in [0.29, 0.717) is 28.7 Å². The lowest BCUT2D eigenvalue weighted by atomic mass is 10.2. The molecule has 0 aliphatic rings. The van der Waals surface area contributed by atoms with E-state index in [1.54, 1.807) is 48.5 Å².